The number of hydrogen-bond acceptors (Lipinski definition) is 4. The third-order valence-corrected chi connectivity index (χ3v) is 3.70. The van der Waals surface area contributed by atoms with Gasteiger partial charge in [0.05, 0.1) is 6.21 Å². The van der Waals surface area contributed by atoms with Crippen molar-refractivity contribution < 1.29 is 0 Å². The Balaban J connectivity index is 1.85. The highest BCUT2D eigenvalue weighted by molar-refractivity contribution is 9.10. The Morgan fingerprint density at radius 2 is 1.71 bits per heavy atom. The van der Waals surface area contributed by atoms with E-state index in [1.165, 1.54) is 0 Å². The number of benzene rings is 2. The minimum atomic E-state index is 0.382. The van der Waals surface area contributed by atoms with Crippen LogP contribution >= 0.6 is 27.5 Å². The lowest BCUT2D eigenvalue weighted by Gasteiger charge is -2.04. The van der Waals surface area contributed by atoms with Crippen molar-refractivity contribution in [3.8, 4) is 0 Å². The van der Waals surface area contributed by atoms with Crippen LogP contribution in [-0.2, 0) is 0 Å². The molecule has 21 heavy (non-hydrogen) atoms. The number of nitrogens with zero attached hydrogens (tertiary/aromatic N) is 3. The standard InChI is InChI=1S/C15H10BrClN4/c16-11-7-5-10(6-8-11)9-18-20-15-13-4-2-1-3-12(13)14(17)19-21-15/h1-9H,(H,20,21)/b18-9-. The van der Waals surface area contributed by atoms with Crippen LogP contribution in [0.2, 0.25) is 5.15 Å². The van der Waals surface area contributed by atoms with Gasteiger partial charge in [-0.3, -0.25) is 5.43 Å². The fourth-order valence-corrected chi connectivity index (χ4v) is 2.34. The van der Waals surface area contributed by atoms with Crippen LogP contribution in [0.5, 0.6) is 0 Å². The highest BCUT2D eigenvalue weighted by Gasteiger charge is 2.05. The van der Waals surface area contributed by atoms with E-state index in [9.17, 15) is 0 Å². The van der Waals surface area contributed by atoms with Crippen LogP contribution in [0.25, 0.3) is 10.8 Å². The molecule has 0 aliphatic carbocycles. The van der Waals surface area contributed by atoms with Crippen molar-refractivity contribution in [1.82, 2.24) is 10.2 Å². The molecule has 0 saturated heterocycles. The molecule has 2 aromatic carbocycles. The van der Waals surface area contributed by atoms with Crippen molar-refractivity contribution in [2.24, 2.45) is 5.10 Å². The normalized spacial score (nSPS) is 11.1. The topological polar surface area (TPSA) is 50.2 Å². The van der Waals surface area contributed by atoms with E-state index in [0.717, 1.165) is 20.8 Å². The molecule has 0 atom stereocenters. The van der Waals surface area contributed by atoms with Gasteiger partial charge < -0.3 is 0 Å². The van der Waals surface area contributed by atoms with E-state index in [0.29, 0.717) is 11.0 Å². The monoisotopic (exact) mass is 360 g/mol. The van der Waals surface area contributed by atoms with Crippen molar-refractivity contribution >= 4 is 50.3 Å². The molecule has 0 fully saturated rings. The number of hydrogen-bond donors (Lipinski definition) is 1. The average Bonchev–Trinajstić information content (AvgIpc) is 2.52. The molecular formula is C15H10BrClN4. The Kier molecular flexibility index (Phi) is 4.13. The van der Waals surface area contributed by atoms with Crippen molar-refractivity contribution in [2.75, 3.05) is 5.43 Å². The maximum atomic E-state index is 6.03. The molecule has 0 spiro atoms. The van der Waals surface area contributed by atoms with E-state index >= 15 is 0 Å². The molecule has 0 aliphatic rings. The highest BCUT2D eigenvalue weighted by Crippen LogP contribution is 2.25. The molecule has 1 heterocycles. The number of fused-ring (bicyclic) bond motifs is 1. The second-order valence-electron chi connectivity index (χ2n) is 4.31. The van der Waals surface area contributed by atoms with Crippen LogP contribution in [0.1, 0.15) is 5.56 Å². The molecule has 3 aromatic rings. The summed E-state index contributed by atoms with van der Waals surface area (Å²) in [6, 6.07) is 15.5. The summed E-state index contributed by atoms with van der Waals surface area (Å²) in [7, 11) is 0. The van der Waals surface area contributed by atoms with Crippen LogP contribution in [-0.4, -0.2) is 16.4 Å². The van der Waals surface area contributed by atoms with Crippen molar-refractivity contribution in [2.45, 2.75) is 0 Å². The number of anilines is 1. The van der Waals surface area contributed by atoms with Crippen LogP contribution in [0.15, 0.2) is 58.1 Å². The lowest BCUT2D eigenvalue weighted by molar-refractivity contribution is 1.04. The van der Waals surface area contributed by atoms with Gasteiger partial charge in [0, 0.05) is 15.2 Å². The zero-order valence-electron chi connectivity index (χ0n) is 10.8. The Bertz CT molecular complexity index is 802. The molecule has 104 valence electrons. The lowest BCUT2D eigenvalue weighted by Crippen LogP contribution is -1.97. The Morgan fingerprint density at radius 1 is 1.00 bits per heavy atom. The molecule has 0 saturated carbocycles. The van der Waals surface area contributed by atoms with E-state index in [2.05, 4.69) is 36.7 Å². The Morgan fingerprint density at radius 3 is 2.48 bits per heavy atom. The largest absolute Gasteiger partial charge is 0.259 e. The predicted molar refractivity (Wildman–Crippen MR) is 89.9 cm³/mol. The number of rotatable bonds is 3. The molecule has 3 rings (SSSR count). The first-order valence-electron chi connectivity index (χ1n) is 6.19. The maximum absolute atomic E-state index is 6.03. The molecule has 1 N–H and O–H groups in total. The summed E-state index contributed by atoms with van der Waals surface area (Å²) < 4.78 is 1.03. The van der Waals surface area contributed by atoms with Gasteiger partial charge in [0.2, 0.25) is 0 Å². The molecule has 1 aromatic heterocycles. The summed E-state index contributed by atoms with van der Waals surface area (Å²) in [4.78, 5) is 0. The van der Waals surface area contributed by atoms with Crippen molar-refractivity contribution in [3.05, 3.63) is 63.7 Å². The summed E-state index contributed by atoms with van der Waals surface area (Å²) in [6.45, 7) is 0. The summed E-state index contributed by atoms with van der Waals surface area (Å²) in [5.74, 6) is 0.573. The van der Waals surface area contributed by atoms with Gasteiger partial charge in [-0.1, -0.05) is 63.9 Å². The summed E-state index contributed by atoms with van der Waals surface area (Å²) in [6.07, 6.45) is 1.72. The van der Waals surface area contributed by atoms with Crippen LogP contribution in [0, 0.1) is 0 Å². The second kappa shape index (κ2) is 6.20. The molecular weight excluding hydrogens is 352 g/mol. The first kappa shape index (κ1) is 14.0. The zero-order chi connectivity index (χ0) is 14.7. The molecule has 6 heteroatoms. The first-order chi connectivity index (χ1) is 10.2. The fourth-order valence-electron chi connectivity index (χ4n) is 1.87. The minimum absolute atomic E-state index is 0.382. The van der Waals surface area contributed by atoms with Crippen LogP contribution in [0.4, 0.5) is 5.82 Å². The molecule has 4 nitrogen and oxygen atoms in total. The smallest absolute Gasteiger partial charge is 0.176 e. The predicted octanol–water partition coefficient (Wildman–Crippen LogP) is 4.49. The summed E-state index contributed by atoms with van der Waals surface area (Å²) in [5, 5.41) is 14.2. The molecule has 0 aliphatic heterocycles. The summed E-state index contributed by atoms with van der Waals surface area (Å²) >= 11 is 9.42. The van der Waals surface area contributed by atoms with Crippen LogP contribution < -0.4 is 5.43 Å². The average molecular weight is 362 g/mol. The van der Waals surface area contributed by atoms with E-state index in [4.69, 9.17) is 11.6 Å². The SMILES string of the molecule is Clc1nnc(N/N=C\c2ccc(Br)cc2)c2ccccc12. The van der Waals surface area contributed by atoms with Gasteiger partial charge in [-0.25, -0.2) is 0 Å². The number of nitrogens with one attached hydrogen (secondary N) is 1. The first-order valence-corrected chi connectivity index (χ1v) is 7.37. The minimum Gasteiger partial charge on any atom is -0.259 e. The highest BCUT2D eigenvalue weighted by atomic mass is 79.9. The van der Waals surface area contributed by atoms with Crippen LogP contribution in [0.3, 0.4) is 0 Å². The maximum Gasteiger partial charge on any atom is 0.176 e. The van der Waals surface area contributed by atoms with Gasteiger partial charge in [-0.2, -0.15) is 5.10 Å². The zero-order valence-corrected chi connectivity index (χ0v) is 13.1. The third-order valence-electron chi connectivity index (χ3n) is 2.90. The van der Waals surface area contributed by atoms with Gasteiger partial charge in [0.15, 0.2) is 11.0 Å². The summed E-state index contributed by atoms with van der Waals surface area (Å²) in [5.41, 5.74) is 3.89. The second-order valence-corrected chi connectivity index (χ2v) is 5.58. The quantitative estimate of drug-likeness (QED) is 0.552. The van der Waals surface area contributed by atoms with Gasteiger partial charge in [0.1, 0.15) is 0 Å². The molecule has 0 radical (unpaired) electrons. The van der Waals surface area contributed by atoms with Gasteiger partial charge in [-0.15, -0.1) is 10.2 Å². The number of hydrazone groups is 1. The number of aromatic nitrogens is 2. The van der Waals surface area contributed by atoms with Gasteiger partial charge in [-0.05, 0) is 17.7 Å². The van der Waals surface area contributed by atoms with E-state index in [1.807, 2.05) is 48.5 Å². The van der Waals surface area contributed by atoms with E-state index < -0.39 is 0 Å². The van der Waals surface area contributed by atoms with Gasteiger partial charge in [0.25, 0.3) is 0 Å². The number of halogens is 2. The van der Waals surface area contributed by atoms with Gasteiger partial charge >= 0.3 is 0 Å². The molecule has 0 bridgehead atoms. The molecule has 0 amide bonds. The third kappa shape index (κ3) is 3.20. The Labute approximate surface area is 135 Å². The van der Waals surface area contributed by atoms with E-state index in [1.54, 1.807) is 6.21 Å². The Hall–Kier alpha value is -1.98. The fraction of sp³-hybridized carbons (Fsp3) is 0. The lowest BCUT2D eigenvalue weighted by atomic mass is 10.2. The molecule has 0 unspecified atom stereocenters. The van der Waals surface area contributed by atoms with E-state index in [-0.39, 0.29) is 0 Å². The van der Waals surface area contributed by atoms with Crippen molar-refractivity contribution in [1.29, 1.82) is 0 Å². The van der Waals surface area contributed by atoms with Crippen molar-refractivity contribution in [3.63, 3.8) is 0 Å².